The zero-order chi connectivity index (χ0) is 19.6. The number of benzene rings is 1. The molecule has 8 heteroatoms. The van der Waals surface area contributed by atoms with Gasteiger partial charge in [0.25, 0.3) is 0 Å². The number of hydrogen-bond donors (Lipinski definition) is 2. The molecule has 2 fully saturated rings. The van der Waals surface area contributed by atoms with Crippen LogP contribution in [0.5, 0.6) is 0 Å². The fourth-order valence-corrected chi connectivity index (χ4v) is 4.16. The van der Waals surface area contributed by atoms with Crippen molar-refractivity contribution >= 4 is 23.6 Å². The minimum atomic E-state index is -0.845. The third-order valence-corrected chi connectivity index (χ3v) is 5.79. The fourth-order valence-electron chi connectivity index (χ4n) is 3.85. The minimum absolute atomic E-state index is 0.00398. The van der Waals surface area contributed by atoms with Gasteiger partial charge in [-0.1, -0.05) is 17.7 Å². The molecule has 1 aromatic rings. The highest BCUT2D eigenvalue weighted by atomic mass is 35.5. The summed E-state index contributed by atoms with van der Waals surface area (Å²) in [7, 11) is 1.81. The smallest absolute Gasteiger partial charge is 0.317 e. The highest BCUT2D eigenvalue weighted by Gasteiger charge is 2.43. The zero-order valence-corrected chi connectivity index (χ0v) is 16.1. The Bertz CT molecular complexity index is 697. The number of carboxylic acids is 1. The maximum absolute atomic E-state index is 14.0. The van der Waals surface area contributed by atoms with Gasteiger partial charge in [-0.2, -0.15) is 0 Å². The molecule has 148 valence electrons. The van der Waals surface area contributed by atoms with Crippen molar-refractivity contribution in [1.82, 2.24) is 15.1 Å². The molecule has 1 aromatic carbocycles. The second-order valence-corrected chi connectivity index (χ2v) is 7.82. The number of aliphatic carboxylic acids is 1. The molecule has 3 atom stereocenters. The lowest BCUT2D eigenvalue weighted by molar-refractivity contribution is -0.138. The quantitative estimate of drug-likeness (QED) is 0.801. The summed E-state index contributed by atoms with van der Waals surface area (Å²) in [4.78, 5) is 27.1. The van der Waals surface area contributed by atoms with Crippen molar-refractivity contribution in [1.29, 1.82) is 0 Å². The van der Waals surface area contributed by atoms with Crippen molar-refractivity contribution in [2.24, 2.45) is 0 Å². The van der Waals surface area contributed by atoms with Crippen molar-refractivity contribution in [3.8, 4) is 0 Å². The Morgan fingerprint density at radius 1 is 1.37 bits per heavy atom. The number of carboxylic acid groups (broad SMARTS) is 1. The number of nitrogens with one attached hydrogen (secondary N) is 1. The third-order valence-electron chi connectivity index (χ3n) is 5.46. The number of carbonyl (C=O) groups excluding carboxylic acids is 1. The van der Waals surface area contributed by atoms with Crippen LogP contribution in [0.4, 0.5) is 9.18 Å². The van der Waals surface area contributed by atoms with E-state index in [2.05, 4.69) is 5.32 Å². The Morgan fingerprint density at radius 3 is 2.85 bits per heavy atom. The third kappa shape index (κ3) is 4.90. The maximum atomic E-state index is 14.0. The number of nitrogens with zero attached hydrogens (tertiary/aromatic N) is 2. The van der Waals surface area contributed by atoms with Crippen LogP contribution in [0.3, 0.4) is 0 Å². The largest absolute Gasteiger partial charge is 0.480 e. The lowest BCUT2D eigenvalue weighted by Crippen LogP contribution is -2.42. The number of likely N-dealkylation sites (N-methyl/N-ethyl adjacent to an activating group) is 1. The fraction of sp³-hybridized carbons (Fsp3) is 0.579. The first-order chi connectivity index (χ1) is 12.9. The van der Waals surface area contributed by atoms with E-state index in [0.717, 1.165) is 19.3 Å². The molecule has 2 amide bonds. The van der Waals surface area contributed by atoms with E-state index in [4.69, 9.17) is 16.7 Å². The molecule has 2 aliphatic rings. The van der Waals surface area contributed by atoms with E-state index in [-0.39, 0.29) is 36.4 Å². The Hall–Kier alpha value is -1.86. The van der Waals surface area contributed by atoms with Crippen LogP contribution in [0.25, 0.3) is 0 Å². The predicted molar refractivity (Wildman–Crippen MR) is 101 cm³/mol. The lowest BCUT2D eigenvalue weighted by atomic mass is 10.1. The van der Waals surface area contributed by atoms with Gasteiger partial charge >= 0.3 is 12.0 Å². The van der Waals surface area contributed by atoms with Gasteiger partial charge in [0.2, 0.25) is 0 Å². The maximum Gasteiger partial charge on any atom is 0.317 e. The molecule has 6 nitrogen and oxygen atoms in total. The zero-order valence-electron chi connectivity index (χ0n) is 15.3. The van der Waals surface area contributed by atoms with E-state index >= 15 is 0 Å². The van der Waals surface area contributed by atoms with E-state index < -0.39 is 5.97 Å². The van der Waals surface area contributed by atoms with Gasteiger partial charge in [-0.25, -0.2) is 9.18 Å². The first-order valence-electron chi connectivity index (χ1n) is 9.28. The molecule has 0 radical (unpaired) electrons. The van der Waals surface area contributed by atoms with Crippen LogP contribution in [-0.4, -0.2) is 65.7 Å². The lowest BCUT2D eigenvalue weighted by Gasteiger charge is -2.25. The van der Waals surface area contributed by atoms with Gasteiger partial charge in [0.1, 0.15) is 5.82 Å². The molecule has 1 aliphatic carbocycles. The van der Waals surface area contributed by atoms with Crippen LogP contribution in [0, 0.1) is 5.82 Å². The first kappa shape index (κ1) is 19.9. The van der Waals surface area contributed by atoms with Gasteiger partial charge < -0.3 is 15.3 Å². The van der Waals surface area contributed by atoms with Crippen molar-refractivity contribution < 1.29 is 19.1 Å². The average Bonchev–Trinajstić information content (AvgIpc) is 3.36. The predicted octanol–water partition coefficient (Wildman–Crippen LogP) is 2.92. The second-order valence-electron chi connectivity index (χ2n) is 7.41. The van der Waals surface area contributed by atoms with Crippen molar-refractivity contribution in [2.45, 2.75) is 43.7 Å². The monoisotopic (exact) mass is 397 g/mol. The molecule has 0 bridgehead atoms. The summed E-state index contributed by atoms with van der Waals surface area (Å²) < 4.78 is 14.0. The van der Waals surface area contributed by atoms with E-state index in [1.165, 1.54) is 6.07 Å². The topological polar surface area (TPSA) is 72.9 Å². The molecule has 0 aromatic heterocycles. The SMILES string of the molecule is CN(CC(=O)O)C1CCCN(C(=O)N[C@@H]2C[C@H]2c2c(F)cccc2Cl)CC1. The molecular formula is C19H25ClFN3O3. The number of urea groups is 1. The van der Waals surface area contributed by atoms with E-state index in [1.54, 1.807) is 17.0 Å². The summed E-state index contributed by atoms with van der Waals surface area (Å²) in [5, 5.41) is 12.3. The molecule has 3 rings (SSSR count). The van der Waals surface area contributed by atoms with Crippen LogP contribution in [0.1, 0.15) is 37.2 Å². The van der Waals surface area contributed by atoms with Crippen molar-refractivity contribution in [3.05, 3.63) is 34.6 Å². The Labute approximate surface area is 163 Å². The Balaban J connectivity index is 1.52. The average molecular weight is 398 g/mol. The minimum Gasteiger partial charge on any atom is -0.480 e. The van der Waals surface area contributed by atoms with Crippen LogP contribution in [0.15, 0.2) is 18.2 Å². The van der Waals surface area contributed by atoms with Crippen LogP contribution >= 0.6 is 11.6 Å². The van der Waals surface area contributed by atoms with Crippen LogP contribution in [0.2, 0.25) is 5.02 Å². The Morgan fingerprint density at radius 2 is 2.15 bits per heavy atom. The number of likely N-dealkylation sites (tertiary alicyclic amines) is 1. The summed E-state index contributed by atoms with van der Waals surface area (Å²) >= 11 is 6.11. The number of hydrogen-bond acceptors (Lipinski definition) is 3. The summed E-state index contributed by atoms with van der Waals surface area (Å²) in [6, 6.07) is 4.55. The van der Waals surface area contributed by atoms with Gasteiger partial charge in [0.05, 0.1) is 6.54 Å². The van der Waals surface area contributed by atoms with Gasteiger partial charge in [-0.15, -0.1) is 0 Å². The van der Waals surface area contributed by atoms with Crippen molar-refractivity contribution in [3.63, 3.8) is 0 Å². The summed E-state index contributed by atoms with van der Waals surface area (Å²) in [6.45, 7) is 1.23. The summed E-state index contributed by atoms with van der Waals surface area (Å²) in [5.41, 5.74) is 0.482. The van der Waals surface area contributed by atoms with Crippen LogP contribution in [-0.2, 0) is 4.79 Å². The van der Waals surface area contributed by atoms with Crippen molar-refractivity contribution in [2.75, 3.05) is 26.7 Å². The molecule has 1 aliphatic heterocycles. The number of carbonyl (C=O) groups is 2. The summed E-state index contributed by atoms with van der Waals surface area (Å²) in [5.74, 6) is -1.25. The Kier molecular flexibility index (Phi) is 6.22. The molecule has 1 unspecified atom stereocenters. The van der Waals surface area contributed by atoms with Gasteiger partial charge in [0, 0.05) is 41.7 Å². The molecule has 1 heterocycles. The molecule has 0 spiro atoms. The molecule has 2 N–H and O–H groups in total. The molecule has 1 saturated carbocycles. The van der Waals surface area contributed by atoms with E-state index in [1.807, 2.05) is 11.9 Å². The van der Waals surface area contributed by atoms with E-state index in [0.29, 0.717) is 30.1 Å². The number of halogens is 2. The molecular weight excluding hydrogens is 373 g/mol. The van der Waals surface area contributed by atoms with E-state index in [9.17, 15) is 14.0 Å². The standard InChI is InChI=1S/C19H25ClFN3O3/c1-23(11-17(25)26)12-4-3-8-24(9-7-12)19(27)22-16-10-13(16)18-14(20)5-2-6-15(18)21/h2,5-6,12-13,16H,3-4,7-11H2,1H3,(H,22,27)(H,25,26)/t12?,13-,16-/m1/s1. The second kappa shape index (κ2) is 8.44. The highest BCUT2D eigenvalue weighted by molar-refractivity contribution is 6.31. The van der Waals surface area contributed by atoms with Crippen LogP contribution < -0.4 is 5.32 Å². The highest BCUT2D eigenvalue weighted by Crippen LogP contribution is 2.45. The molecule has 1 saturated heterocycles. The number of rotatable bonds is 5. The summed E-state index contributed by atoms with van der Waals surface area (Å²) in [6.07, 6.45) is 3.12. The van der Waals surface area contributed by atoms with Gasteiger partial charge in [0.15, 0.2) is 0 Å². The normalized spacial score (nSPS) is 25.2. The first-order valence-corrected chi connectivity index (χ1v) is 9.66. The molecule has 27 heavy (non-hydrogen) atoms. The number of amides is 2. The van der Waals surface area contributed by atoms with Gasteiger partial charge in [-0.05, 0) is 44.9 Å². The van der Waals surface area contributed by atoms with Gasteiger partial charge in [-0.3, -0.25) is 9.69 Å².